The first-order valence-corrected chi connectivity index (χ1v) is 46.1. The molecule has 8 aliphatic carbocycles. The van der Waals surface area contributed by atoms with E-state index in [0.717, 1.165) is 88.8 Å². The Morgan fingerprint density at radius 3 is 1.21 bits per heavy atom. The lowest BCUT2D eigenvalue weighted by Gasteiger charge is -2.37. The van der Waals surface area contributed by atoms with Gasteiger partial charge in [0.15, 0.2) is 0 Å². The molecule has 0 fully saturated rings. The maximum absolute atomic E-state index is 2.40. The third kappa shape index (κ3) is 21.9. The summed E-state index contributed by atoms with van der Waals surface area (Å²) in [5.74, 6) is 12.9. The van der Waals surface area contributed by atoms with Crippen molar-refractivity contribution < 1.29 is 0 Å². The molecule has 0 amide bonds. The van der Waals surface area contributed by atoms with E-state index in [2.05, 4.69) is 341 Å². The highest BCUT2D eigenvalue weighted by molar-refractivity contribution is 5.92. The van der Waals surface area contributed by atoms with Crippen LogP contribution in [0.15, 0.2) is 231 Å². The van der Waals surface area contributed by atoms with Crippen molar-refractivity contribution in [1.82, 2.24) is 0 Å². The Kier molecular flexibility index (Phi) is 31.0. The van der Waals surface area contributed by atoms with E-state index in [9.17, 15) is 0 Å². The summed E-state index contributed by atoms with van der Waals surface area (Å²) in [7, 11) is 0. The Balaban J connectivity index is 0.000000121. The summed E-state index contributed by atoms with van der Waals surface area (Å²) in [4.78, 5) is 0. The molecule has 602 valence electrons. The normalized spacial score (nSPS) is 19.7. The van der Waals surface area contributed by atoms with Gasteiger partial charge in [0.2, 0.25) is 0 Å². The first-order valence-electron chi connectivity index (χ1n) is 46.1. The molecule has 0 N–H and O–H groups in total. The van der Waals surface area contributed by atoms with Crippen molar-refractivity contribution >= 4 is 32.3 Å². The average Bonchev–Trinajstić information content (AvgIpc) is 1.25. The lowest BCUT2D eigenvalue weighted by atomic mass is 9.67. The highest BCUT2D eigenvalue weighted by Gasteiger charge is 2.33. The molecule has 8 aliphatic rings. The van der Waals surface area contributed by atoms with Gasteiger partial charge in [0.1, 0.15) is 0 Å². The van der Waals surface area contributed by atoms with Crippen molar-refractivity contribution in [2.75, 3.05) is 0 Å². The highest BCUT2D eigenvalue weighted by Crippen LogP contribution is 2.49. The van der Waals surface area contributed by atoms with Crippen molar-refractivity contribution in [2.45, 2.75) is 288 Å². The van der Waals surface area contributed by atoms with Crippen molar-refractivity contribution in [1.29, 1.82) is 0 Å². The van der Waals surface area contributed by atoms with Crippen LogP contribution in [-0.4, -0.2) is 0 Å². The zero-order valence-corrected chi connectivity index (χ0v) is 73.7. The molecule has 6 atom stereocenters. The molecule has 6 unspecified atom stereocenters. The van der Waals surface area contributed by atoms with Gasteiger partial charge in [-0.3, -0.25) is 0 Å². The lowest BCUT2D eigenvalue weighted by molar-refractivity contribution is 0.345. The van der Waals surface area contributed by atoms with E-state index in [1.54, 1.807) is 83.5 Å². The zero-order chi connectivity index (χ0) is 80.4. The molecule has 11 aromatic carbocycles. The van der Waals surface area contributed by atoms with Gasteiger partial charge >= 0.3 is 0 Å². The fourth-order valence-electron chi connectivity index (χ4n) is 21.2. The van der Waals surface area contributed by atoms with Crippen LogP contribution in [0.4, 0.5) is 0 Å². The van der Waals surface area contributed by atoms with Gasteiger partial charge in [-0.15, -0.1) is 0 Å². The summed E-state index contributed by atoms with van der Waals surface area (Å²) in [5, 5.41) is 8.56. The third-order valence-corrected chi connectivity index (χ3v) is 28.4. The van der Waals surface area contributed by atoms with Gasteiger partial charge in [-0.1, -0.05) is 348 Å². The number of hydrogen-bond donors (Lipinski definition) is 0. The Morgan fingerprint density at radius 1 is 0.219 bits per heavy atom. The van der Waals surface area contributed by atoms with Crippen molar-refractivity contribution in [3.63, 3.8) is 0 Å². The molecule has 0 heterocycles. The van der Waals surface area contributed by atoms with Crippen LogP contribution in [0, 0.1) is 59.2 Å². The number of rotatable bonds is 8. The van der Waals surface area contributed by atoms with Crippen LogP contribution in [0.25, 0.3) is 32.3 Å². The molecule has 114 heavy (non-hydrogen) atoms. The summed E-state index contributed by atoms with van der Waals surface area (Å²) < 4.78 is 0. The minimum atomic E-state index is 0.615. The molecular formula is C114H146. The number of hydrogen-bond acceptors (Lipinski definition) is 0. The van der Waals surface area contributed by atoms with Crippen LogP contribution in [0.2, 0.25) is 0 Å². The van der Waals surface area contributed by atoms with Gasteiger partial charge in [-0.05, 0) is 351 Å². The number of aryl methyl sites for hydroxylation is 6. The van der Waals surface area contributed by atoms with E-state index < -0.39 is 0 Å². The summed E-state index contributed by atoms with van der Waals surface area (Å²) >= 11 is 0. The number of benzene rings is 11. The quantitative estimate of drug-likeness (QED) is 0.133. The van der Waals surface area contributed by atoms with Gasteiger partial charge in [-0.25, -0.2) is 0 Å². The lowest BCUT2D eigenvalue weighted by Crippen LogP contribution is -2.22. The predicted octanol–water partition coefficient (Wildman–Crippen LogP) is 32.1. The van der Waals surface area contributed by atoms with Crippen LogP contribution in [0.3, 0.4) is 0 Å². The Morgan fingerprint density at radius 2 is 0.623 bits per heavy atom. The molecule has 0 spiro atoms. The van der Waals surface area contributed by atoms with E-state index in [0.29, 0.717) is 5.92 Å². The van der Waals surface area contributed by atoms with E-state index in [4.69, 9.17) is 0 Å². The van der Waals surface area contributed by atoms with E-state index in [1.807, 2.05) is 0 Å². The minimum absolute atomic E-state index is 0.615. The van der Waals surface area contributed by atoms with Gasteiger partial charge in [-0.2, -0.15) is 0 Å². The van der Waals surface area contributed by atoms with E-state index >= 15 is 0 Å². The van der Waals surface area contributed by atoms with Crippen LogP contribution in [0.5, 0.6) is 0 Å². The first kappa shape index (κ1) is 85.6. The molecule has 0 saturated heterocycles. The SMILES string of the molecule is CC(C)C1CCC2CCCc3cccc1c32.CC(C)C1CCCCc2ccccc21.CC(C)C1CCCc2ccccc2C1.CC(C)C1CCc2cccc3cccc1c23.CC(C)C1CCc2ccccc2CC1.CC(C)C1Cc2cccc3cccc1c23.CC(C)C1Cc2ccccc2C1.CC(C)c1ccc2ccccc2c1. The number of fused-ring (bicyclic) bond motifs is 5. The summed E-state index contributed by atoms with van der Waals surface area (Å²) in [6.45, 7) is 37.4. The van der Waals surface area contributed by atoms with E-state index in [1.165, 1.54) is 179 Å². The molecule has 0 aliphatic heterocycles. The summed E-state index contributed by atoms with van der Waals surface area (Å²) in [6.07, 6.45) is 29.6. The summed E-state index contributed by atoms with van der Waals surface area (Å²) in [5.41, 5.74) is 25.5. The van der Waals surface area contributed by atoms with Crippen molar-refractivity contribution in [3.8, 4) is 0 Å². The second kappa shape index (κ2) is 41.4. The van der Waals surface area contributed by atoms with Crippen LogP contribution < -0.4 is 0 Å². The second-order valence-corrected chi connectivity index (χ2v) is 38.6. The zero-order valence-electron chi connectivity index (χ0n) is 73.7. The first-order chi connectivity index (χ1) is 55.2. The Labute approximate surface area is 694 Å². The van der Waals surface area contributed by atoms with E-state index in [-0.39, 0.29) is 0 Å². The van der Waals surface area contributed by atoms with Crippen molar-refractivity contribution in [3.05, 3.63) is 320 Å². The van der Waals surface area contributed by atoms with Gasteiger partial charge < -0.3 is 0 Å². The van der Waals surface area contributed by atoms with Gasteiger partial charge in [0.25, 0.3) is 0 Å². The fourth-order valence-corrected chi connectivity index (χ4v) is 21.2. The molecule has 19 rings (SSSR count). The van der Waals surface area contributed by atoms with Crippen LogP contribution in [0.1, 0.15) is 312 Å². The smallest absolute Gasteiger partial charge is 0.00919 e. The molecule has 11 aromatic rings. The van der Waals surface area contributed by atoms with Gasteiger partial charge in [0.05, 0.1) is 0 Å². The standard InChI is InChI=1S/C16H22.C16H18.C15H16.3C14H20.C13H14.C12H16/c2*1-11(2)14-10-9-13-6-3-5-12-7-4-8-15(14)16(12)13;1-10(2)14-9-12-7-3-5-11-6-4-8-13(14)15(11)12;1-11(2)13-9-5-3-7-12-8-4-6-10-14(12)13;1-11(2)13-9-5-8-12-6-3-4-7-14(12)10-13;1-11(2)12-7-9-13-5-3-4-6-14(13)10-8-12;1-10(2)12-8-7-11-5-3-4-6-13(11)9-12;1-9(2)12-7-10-5-3-4-6-11(10)8-12/h4,7-8,11,13-14H,3,5-6,9-10H2,1-2H3;3-8,11,14H,9-10H2,1-2H3;3-8,10,14H,9H2,1-2H3;4,6,8,10-11,13H,3,5,7,9H2,1-2H3;3-4,6-7,11,13H,5,8-10H2,1-2H3;3-6,11-12H,7-10H2,1-2H3;3-10H,1-2H3;3-6,9,12H,7-8H2,1-2H3. The monoisotopic (exact) mass is 1520 g/mol. The molecule has 0 heteroatoms. The molecule has 0 radical (unpaired) electrons. The van der Waals surface area contributed by atoms with Crippen LogP contribution in [-0.2, 0) is 64.2 Å². The predicted molar refractivity (Wildman–Crippen MR) is 499 cm³/mol. The molecule has 0 nitrogen and oxygen atoms in total. The molecule has 0 bridgehead atoms. The van der Waals surface area contributed by atoms with Gasteiger partial charge in [0, 0.05) is 0 Å². The van der Waals surface area contributed by atoms with Crippen molar-refractivity contribution in [2.24, 2.45) is 59.2 Å². The third-order valence-electron chi connectivity index (χ3n) is 28.4. The Hall–Kier alpha value is -7.80. The maximum atomic E-state index is 2.40. The Bertz CT molecular complexity index is 4740. The minimum Gasteiger partial charge on any atom is -0.0625 e. The highest BCUT2D eigenvalue weighted by atomic mass is 14.4. The topological polar surface area (TPSA) is 0 Å². The average molecular weight is 1520 g/mol. The molecule has 0 aromatic heterocycles. The second-order valence-electron chi connectivity index (χ2n) is 38.6. The van der Waals surface area contributed by atoms with Crippen LogP contribution >= 0.6 is 0 Å². The summed E-state index contributed by atoms with van der Waals surface area (Å²) in [6, 6.07) is 85.0. The molecule has 0 saturated carbocycles. The maximum Gasteiger partial charge on any atom is -0.00919 e. The largest absolute Gasteiger partial charge is 0.0625 e. The fraction of sp³-hybridized carbons (Fsp3) is 0.474. The molecular weight excluding hydrogens is 1370 g/mol.